The first-order valence-electron chi connectivity index (χ1n) is 18.8. The van der Waals surface area contributed by atoms with Gasteiger partial charge in [0, 0.05) is 43.8 Å². The lowest BCUT2D eigenvalue weighted by atomic mass is 10.0. The molecule has 0 atom stereocenters. The quantitative estimate of drug-likeness (QED) is 0.172. The number of fused-ring (bicyclic) bond motifs is 6. The number of rotatable bonds is 6. The summed E-state index contributed by atoms with van der Waals surface area (Å²) in [4.78, 5) is 15.6. The van der Waals surface area contributed by atoms with Gasteiger partial charge in [-0.2, -0.15) is 0 Å². The van der Waals surface area contributed by atoms with Gasteiger partial charge in [0.2, 0.25) is 0 Å². The van der Waals surface area contributed by atoms with Crippen molar-refractivity contribution in [2.45, 2.75) is 0 Å². The Morgan fingerprint density at radius 3 is 1.52 bits per heavy atom. The largest absolute Gasteiger partial charge is 0.456 e. The molecule has 5 heteroatoms. The van der Waals surface area contributed by atoms with E-state index in [2.05, 4.69) is 168 Å². The van der Waals surface area contributed by atoms with Crippen LogP contribution in [0.3, 0.4) is 0 Å². The van der Waals surface area contributed by atoms with Crippen LogP contribution >= 0.6 is 0 Å². The molecule has 11 aromatic rings. The predicted molar refractivity (Wildman–Crippen MR) is 229 cm³/mol. The predicted octanol–water partition coefficient (Wildman–Crippen LogP) is 13.2. The molecule has 0 fully saturated rings. The first-order valence-corrected chi connectivity index (χ1v) is 18.8. The maximum Gasteiger partial charge on any atom is 0.164 e. The molecule has 0 saturated heterocycles. The lowest BCUT2D eigenvalue weighted by Crippen LogP contribution is -2.02. The van der Waals surface area contributed by atoms with Crippen molar-refractivity contribution in [1.29, 1.82) is 0 Å². The molecule has 0 spiro atoms. The zero-order valence-electron chi connectivity index (χ0n) is 30.2. The number of benzene rings is 8. The van der Waals surface area contributed by atoms with Crippen LogP contribution in [0.1, 0.15) is 0 Å². The Morgan fingerprint density at radius 2 is 0.821 bits per heavy atom. The second kappa shape index (κ2) is 13.0. The van der Waals surface area contributed by atoms with Crippen molar-refractivity contribution in [2.24, 2.45) is 0 Å². The molecule has 0 unspecified atom stereocenters. The van der Waals surface area contributed by atoms with Gasteiger partial charge in [-0.1, -0.05) is 152 Å². The Labute approximate surface area is 322 Å². The summed E-state index contributed by atoms with van der Waals surface area (Å²) in [6.45, 7) is 0. The summed E-state index contributed by atoms with van der Waals surface area (Å²) >= 11 is 0. The van der Waals surface area contributed by atoms with Crippen molar-refractivity contribution >= 4 is 43.7 Å². The fraction of sp³-hybridized carbons (Fsp3) is 0. The van der Waals surface area contributed by atoms with Crippen molar-refractivity contribution < 1.29 is 4.42 Å². The fourth-order valence-electron chi connectivity index (χ4n) is 8.00. The summed E-state index contributed by atoms with van der Waals surface area (Å²) < 4.78 is 8.69. The monoisotopic (exact) mass is 716 g/mol. The first-order chi connectivity index (χ1) is 27.7. The molecular formula is C51H32N4O. The Bertz CT molecular complexity index is 3200. The number of aromatic nitrogens is 4. The van der Waals surface area contributed by atoms with E-state index in [0.717, 1.165) is 77.6 Å². The number of hydrogen-bond acceptors (Lipinski definition) is 4. The molecule has 262 valence electrons. The summed E-state index contributed by atoms with van der Waals surface area (Å²) in [5.41, 5.74) is 12.1. The molecule has 0 bridgehead atoms. The van der Waals surface area contributed by atoms with Gasteiger partial charge in [0.1, 0.15) is 11.2 Å². The molecule has 3 heterocycles. The van der Waals surface area contributed by atoms with Crippen molar-refractivity contribution in [3.63, 3.8) is 0 Å². The minimum atomic E-state index is 0.572. The van der Waals surface area contributed by atoms with Crippen LogP contribution in [-0.4, -0.2) is 19.5 Å². The molecule has 0 saturated carbocycles. The standard InChI is InChI=1S/C51H32N4O/c1-3-14-33(15-4-1)35-18-13-19-36(30-35)49-52-50(54-51(53-49)38-27-29-43-42-22-9-12-25-47(42)56-48(43)32-38)37-26-28-39(34-16-5-2-6-17-34)46(31-37)55-44-23-10-7-20-40(44)41-21-8-11-24-45(41)55/h1-32H. The number of furan rings is 1. The van der Waals surface area contributed by atoms with Crippen molar-refractivity contribution in [1.82, 2.24) is 19.5 Å². The van der Waals surface area contributed by atoms with Gasteiger partial charge in [0.05, 0.1) is 16.7 Å². The van der Waals surface area contributed by atoms with Crippen LogP contribution in [0, 0.1) is 0 Å². The van der Waals surface area contributed by atoms with E-state index in [9.17, 15) is 0 Å². The van der Waals surface area contributed by atoms with Gasteiger partial charge in [-0.05, 0) is 59.2 Å². The highest BCUT2D eigenvalue weighted by Crippen LogP contribution is 2.39. The van der Waals surface area contributed by atoms with Crippen LogP contribution in [0.15, 0.2) is 199 Å². The molecule has 8 aromatic carbocycles. The van der Waals surface area contributed by atoms with Crippen LogP contribution in [0.2, 0.25) is 0 Å². The summed E-state index contributed by atoms with van der Waals surface area (Å²) in [6, 6.07) is 67.5. The average Bonchev–Trinajstić information content (AvgIpc) is 3.82. The Kier molecular flexibility index (Phi) is 7.42. The molecular weight excluding hydrogens is 685 g/mol. The van der Waals surface area contributed by atoms with Gasteiger partial charge < -0.3 is 8.98 Å². The van der Waals surface area contributed by atoms with Crippen LogP contribution in [0.5, 0.6) is 0 Å². The minimum Gasteiger partial charge on any atom is -0.456 e. The molecule has 0 radical (unpaired) electrons. The minimum absolute atomic E-state index is 0.572. The number of para-hydroxylation sites is 3. The molecule has 3 aromatic heterocycles. The van der Waals surface area contributed by atoms with E-state index in [1.165, 1.54) is 10.8 Å². The lowest BCUT2D eigenvalue weighted by molar-refractivity contribution is 0.669. The van der Waals surface area contributed by atoms with Crippen molar-refractivity contribution in [2.75, 3.05) is 0 Å². The molecule has 56 heavy (non-hydrogen) atoms. The second-order valence-corrected chi connectivity index (χ2v) is 14.0. The Morgan fingerprint density at radius 1 is 0.321 bits per heavy atom. The Hall–Kier alpha value is -7.63. The van der Waals surface area contributed by atoms with Crippen LogP contribution in [0.4, 0.5) is 0 Å². The maximum absolute atomic E-state index is 6.32. The summed E-state index contributed by atoms with van der Waals surface area (Å²) in [5.74, 6) is 1.75. The summed E-state index contributed by atoms with van der Waals surface area (Å²) in [5, 5.41) is 4.55. The number of nitrogens with zero attached hydrogens (tertiary/aromatic N) is 4. The van der Waals surface area contributed by atoms with E-state index < -0.39 is 0 Å². The molecule has 0 amide bonds. The van der Waals surface area contributed by atoms with Crippen molar-refractivity contribution in [3.8, 4) is 62.1 Å². The normalized spacial score (nSPS) is 11.6. The number of hydrogen-bond donors (Lipinski definition) is 0. The van der Waals surface area contributed by atoms with Crippen LogP contribution < -0.4 is 0 Å². The molecule has 5 nitrogen and oxygen atoms in total. The first kappa shape index (κ1) is 31.9. The summed E-state index contributed by atoms with van der Waals surface area (Å²) in [7, 11) is 0. The Balaban J connectivity index is 1.15. The van der Waals surface area contributed by atoms with Crippen molar-refractivity contribution in [3.05, 3.63) is 194 Å². The average molecular weight is 717 g/mol. The molecule has 0 N–H and O–H groups in total. The highest BCUT2D eigenvalue weighted by atomic mass is 16.3. The molecule has 0 aliphatic rings. The third-order valence-electron chi connectivity index (χ3n) is 10.7. The zero-order chi connectivity index (χ0) is 37.0. The maximum atomic E-state index is 6.32. The highest BCUT2D eigenvalue weighted by Gasteiger charge is 2.19. The molecule has 0 aliphatic heterocycles. The van der Waals surface area contributed by atoms with E-state index in [1.807, 2.05) is 30.3 Å². The molecule has 0 aliphatic carbocycles. The van der Waals surface area contributed by atoms with Gasteiger partial charge in [0.15, 0.2) is 17.5 Å². The van der Waals surface area contributed by atoms with Gasteiger partial charge >= 0.3 is 0 Å². The van der Waals surface area contributed by atoms with E-state index in [-0.39, 0.29) is 0 Å². The van der Waals surface area contributed by atoms with E-state index in [0.29, 0.717) is 17.5 Å². The van der Waals surface area contributed by atoms with Gasteiger partial charge in [-0.3, -0.25) is 0 Å². The third kappa shape index (κ3) is 5.37. The lowest BCUT2D eigenvalue weighted by Gasteiger charge is -2.16. The van der Waals surface area contributed by atoms with Crippen LogP contribution in [0.25, 0.3) is 106 Å². The SMILES string of the molecule is c1ccc(-c2cccc(-c3nc(-c4ccc(-c5ccccc5)c(-n5c6ccccc6c6ccccc65)c4)nc(-c4ccc5c(c4)oc4ccccc45)n3)c2)cc1. The van der Waals surface area contributed by atoms with Gasteiger partial charge in [-0.15, -0.1) is 0 Å². The topological polar surface area (TPSA) is 56.7 Å². The zero-order valence-corrected chi connectivity index (χ0v) is 30.2. The highest BCUT2D eigenvalue weighted by molar-refractivity contribution is 6.10. The fourth-order valence-corrected chi connectivity index (χ4v) is 8.00. The second-order valence-electron chi connectivity index (χ2n) is 14.0. The van der Waals surface area contributed by atoms with E-state index in [1.54, 1.807) is 0 Å². The summed E-state index contributed by atoms with van der Waals surface area (Å²) in [6.07, 6.45) is 0. The van der Waals surface area contributed by atoms with Gasteiger partial charge in [-0.25, -0.2) is 15.0 Å². The van der Waals surface area contributed by atoms with E-state index >= 15 is 0 Å². The van der Waals surface area contributed by atoms with Gasteiger partial charge in [0.25, 0.3) is 0 Å². The smallest absolute Gasteiger partial charge is 0.164 e. The molecule has 11 rings (SSSR count). The van der Waals surface area contributed by atoms with E-state index in [4.69, 9.17) is 19.4 Å². The third-order valence-corrected chi connectivity index (χ3v) is 10.7. The van der Waals surface area contributed by atoms with Crippen LogP contribution in [-0.2, 0) is 0 Å².